The van der Waals surface area contributed by atoms with Gasteiger partial charge in [-0.05, 0) is 68.3 Å². The number of benzene rings is 1. The van der Waals surface area contributed by atoms with E-state index < -0.39 is 23.8 Å². The third-order valence-corrected chi connectivity index (χ3v) is 5.73. The lowest BCUT2D eigenvalue weighted by Gasteiger charge is -2.26. The molecule has 4 amide bonds. The average Bonchev–Trinajstić information content (AvgIpc) is 3.09. The minimum atomic E-state index is -0.833. The molecule has 4 rings (SSSR count). The van der Waals surface area contributed by atoms with Crippen LogP contribution in [0.4, 0.5) is 10.5 Å². The maximum atomic E-state index is 13.1. The van der Waals surface area contributed by atoms with Crippen LogP contribution in [0.1, 0.15) is 32.9 Å². The van der Waals surface area contributed by atoms with E-state index in [1.165, 1.54) is 25.6 Å². The van der Waals surface area contributed by atoms with E-state index >= 15 is 0 Å². The molecule has 34 heavy (non-hydrogen) atoms. The number of esters is 1. The summed E-state index contributed by atoms with van der Waals surface area (Å²) in [7, 11) is 1.33. The van der Waals surface area contributed by atoms with E-state index in [0.29, 0.717) is 11.1 Å². The quantitative estimate of drug-likeness (QED) is 0.365. The van der Waals surface area contributed by atoms with Crippen molar-refractivity contribution in [2.45, 2.75) is 20.8 Å². The Morgan fingerprint density at radius 2 is 1.85 bits per heavy atom. The molecule has 9 nitrogen and oxygen atoms in total. The Kier molecular flexibility index (Phi) is 5.85. The van der Waals surface area contributed by atoms with Crippen LogP contribution in [0.25, 0.3) is 11.8 Å². The molecule has 1 N–H and O–H groups in total. The zero-order valence-electron chi connectivity index (χ0n) is 19.1. The monoisotopic (exact) mass is 458 g/mol. The lowest BCUT2D eigenvalue weighted by molar-refractivity contribution is -0.122. The van der Waals surface area contributed by atoms with Crippen molar-refractivity contribution >= 4 is 35.6 Å². The maximum Gasteiger partial charge on any atom is 0.338 e. The van der Waals surface area contributed by atoms with E-state index in [2.05, 4.69) is 10.3 Å². The number of ether oxygens (including phenoxy) is 1. The van der Waals surface area contributed by atoms with Gasteiger partial charge in [0.25, 0.3) is 11.8 Å². The maximum absolute atomic E-state index is 13.1. The van der Waals surface area contributed by atoms with Gasteiger partial charge in [0.15, 0.2) is 0 Å². The first kappa shape index (κ1) is 22.7. The molecule has 0 atom stereocenters. The molecule has 1 aromatic carbocycles. The van der Waals surface area contributed by atoms with Gasteiger partial charge in [-0.2, -0.15) is 0 Å². The number of rotatable bonds is 4. The van der Waals surface area contributed by atoms with Crippen molar-refractivity contribution in [1.82, 2.24) is 14.9 Å². The molecule has 0 radical (unpaired) electrons. The number of imide groups is 2. The zero-order chi connectivity index (χ0) is 24.6. The second-order valence-corrected chi connectivity index (χ2v) is 7.77. The SMILES string of the molecule is COC(=O)c1cccc(-n2c(C)cc(/C=C3\C(=O)NC(=O)N(c4cccnc4)C3=O)c2C)c1C. The van der Waals surface area contributed by atoms with Gasteiger partial charge in [-0.15, -0.1) is 0 Å². The number of methoxy groups -OCH3 is 1. The summed E-state index contributed by atoms with van der Waals surface area (Å²) >= 11 is 0. The van der Waals surface area contributed by atoms with Crippen LogP contribution in [-0.4, -0.2) is 40.5 Å². The second-order valence-electron chi connectivity index (χ2n) is 7.77. The third-order valence-electron chi connectivity index (χ3n) is 5.73. The van der Waals surface area contributed by atoms with Gasteiger partial charge in [-0.3, -0.25) is 19.9 Å². The van der Waals surface area contributed by atoms with Crippen LogP contribution in [0.15, 0.2) is 54.4 Å². The van der Waals surface area contributed by atoms with Gasteiger partial charge in [-0.1, -0.05) is 6.07 Å². The molecule has 1 aliphatic rings. The van der Waals surface area contributed by atoms with Crippen LogP contribution < -0.4 is 10.2 Å². The summed E-state index contributed by atoms with van der Waals surface area (Å²) in [5.41, 5.74) is 4.23. The van der Waals surface area contributed by atoms with Gasteiger partial charge >= 0.3 is 12.0 Å². The Balaban J connectivity index is 1.79. The van der Waals surface area contributed by atoms with E-state index in [1.54, 1.807) is 24.3 Å². The van der Waals surface area contributed by atoms with Crippen molar-refractivity contribution in [3.8, 4) is 5.69 Å². The number of hydrogen-bond donors (Lipinski definition) is 1. The predicted molar refractivity (Wildman–Crippen MR) is 125 cm³/mol. The van der Waals surface area contributed by atoms with E-state index in [1.807, 2.05) is 37.5 Å². The van der Waals surface area contributed by atoms with E-state index in [-0.39, 0.29) is 11.3 Å². The molecule has 0 saturated carbocycles. The lowest BCUT2D eigenvalue weighted by atomic mass is 10.1. The van der Waals surface area contributed by atoms with Crippen LogP contribution in [0.5, 0.6) is 0 Å². The topological polar surface area (TPSA) is 111 Å². The van der Waals surface area contributed by atoms with Crippen LogP contribution in [-0.2, 0) is 14.3 Å². The van der Waals surface area contributed by atoms with Crippen molar-refractivity contribution in [2.24, 2.45) is 0 Å². The summed E-state index contributed by atoms with van der Waals surface area (Å²) in [6, 6.07) is 9.48. The van der Waals surface area contributed by atoms with Crippen molar-refractivity contribution < 1.29 is 23.9 Å². The van der Waals surface area contributed by atoms with E-state index in [0.717, 1.165) is 27.5 Å². The normalized spacial score (nSPS) is 15.0. The minimum absolute atomic E-state index is 0.177. The van der Waals surface area contributed by atoms with E-state index in [9.17, 15) is 19.2 Å². The smallest absolute Gasteiger partial charge is 0.338 e. The standard InChI is InChI=1S/C25H22N4O5/c1-14-11-17(16(3)28(14)21-9-5-8-19(15(21)2)24(32)34-4)12-20-22(30)27-25(33)29(23(20)31)18-7-6-10-26-13-18/h5-13H,1-4H3,(H,27,30,33)/b20-12+. The molecule has 0 aliphatic carbocycles. The van der Waals surface area contributed by atoms with Crippen LogP contribution in [0.3, 0.4) is 0 Å². The molecule has 0 bridgehead atoms. The number of carbonyl (C=O) groups excluding carboxylic acids is 4. The molecule has 3 aromatic rings. The Bertz CT molecular complexity index is 1370. The number of amides is 4. The summed E-state index contributed by atoms with van der Waals surface area (Å²) in [5, 5.41) is 2.21. The number of barbiturate groups is 1. The highest BCUT2D eigenvalue weighted by Gasteiger charge is 2.37. The molecular formula is C25H22N4O5. The molecule has 3 heterocycles. The Morgan fingerprint density at radius 3 is 2.53 bits per heavy atom. The molecule has 0 spiro atoms. The fraction of sp³-hybridized carbons (Fsp3) is 0.160. The number of aryl methyl sites for hydroxylation is 1. The van der Waals surface area contributed by atoms with Gasteiger partial charge < -0.3 is 9.30 Å². The number of aromatic nitrogens is 2. The van der Waals surface area contributed by atoms with Crippen LogP contribution in [0, 0.1) is 20.8 Å². The minimum Gasteiger partial charge on any atom is -0.465 e. The number of carbonyl (C=O) groups is 4. The summed E-state index contributed by atoms with van der Waals surface area (Å²) in [5.74, 6) is -1.95. The molecule has 2 aromatic heterocycles. The van der Waals surface area contributed by atoms with Crippen molar-refractivity contribution in [2.75, 3.05) is 12.0 Å². The van der Waals surface area contributed by atoms with Gasteiger partial charge in [0, 0.05) is 23.3 Å². The number of nitrogens with one attached hydrogen (secondary N) is 1. The number of anilines is 1. The van der Waals surface area contributed by atoms with Gasteiger partial charge in [0.05, 0.1) is 24.6 Å². The lowest BCUT2D eigenvalue weighted by Crippen LogP contribution is -2.54. The first-order chi connectivity index (χ1) is 16.2. The number of hydrogen-bond acceptors (Lipinski definition) is 6. The predicted octanol–water partition coefficient (Wildman–Crippen LogP) is 3.25. The van der Waals surface area contributed by atoms with Crippen molar-refractivity contribution in [3.63, 3.8) is 0 Å². The highest BCUT2D eigenvalue weighted by atomic mass is 16.5. The first-order valence-corrected chi connectivity index (χ1v) is 10.4. The molecule has 1 fully saturated rings. The molecule has 1 saturated heterocycles. The van der Waals surface area contributed by atoms with Crippen molar-refractivity contribution in [1.29, 1.82) is 0 Å². The van der Waals surface area contributed by atoms with Crippen molar-refractivity contribution in [3.05, 3.63) is 82.4 Å². The Hall–Kier alpha value is -4.53. The Morgan fingerprint density at radius 1 is 1.09 bits per heavy atom. The van der Waals surface area contributed by atoms with Gasteiger partial charge in [0.2, 0.25) is 0 Å². The molecule has 9 heteroatoms. The number of urea groups is 1. The summed E-state index contributed by atoms with van der Waals surface area (Å²) in [4.78, 5) is 55.0. The zero-order valence-corrected chi connectivity index (χ0v) is 19.1. The fourth-order valence-electron chi connectivity index (χ4n) is 4.03. The van der Waals surface area contributed by atoms with Gasteiger partial charge in [-0.25, -0.2) is 14.5 Å². The molecular weight excluding hydrogens is 436 g/mol. The van der Waals surface area contributed by atoms with E-state index in [4.69, 9.17) is 4.74 Å². The number of nitrogens with zero attached hydrogens (tertiary/aromatic N) is 3. The Labute approximate surface area is 195 Å². The van der Waals surface area contributed by atoms with Crippen LogP contribution in [0.2, 0.25) is 0 Å². The summed E-state index contributed by atoms with van der Waals surface area (Å²) in [6.45, 7) is 5.56. The average molecular weight is 458 g/mol. The fourth-order valence-corrected chi connectivity index (χ4v) is 4.03. The first-order valence-electron chi connectivity index (χ1n) is 10.4. The largest absolute Gasteiger partial charge is 0.465 e. The summed E-state index contributed by atoms with van der Waals surface area (Å²) < 4.78 is 6.81. The summed E-state index contributed by atoms with van der Waals surface area (Å²) in [6.07, 6.45) is 4.35. The highest BCUT2D eigenvalue weighted by Crippen LogP contribution is 2.28. The molecule has 1 aliphatic heterocycles. The highest BCUT2D eigenvalue weighted by molar-refractivity contribution is 6.39. The third kappa shape index (κ3) is 3.77. The van der Waals surface area contributed by atoms with Gasteiger partial charge in [0.1, 0.15) is 5.57 Å². The number of pyridine rings is 1. The molecule has 172 valence electrons. The molecule has 0 unspecified atom stereocenters. The second kappa shape index (κ2) is 8.78. The van der Waals surface area contributed by atoms with Crippen LogP contribution >= 0.6 is 0 Å².